The number of benzene rings is 1. The van der Waals surface area contributed by atoms with Crippen LogP contribution in [0.5, 0.6) is 5.88 Å². The molecule has 1 aliphatic heterocycles. The van der Waals surface area contributed by atoms with E-state index in [4.69, 9.17) is 14.3 Å². The van der Waals surface area contributed by atoms with Crippen molar-refractivity contribution in [2.75, 3.05) is 45.8 Å². The molecule has 2 fully saturated rings. The number of oxime groups is 1. The second-order valence-electron chi connectivity index (χ2n) is 9.26. The lowest BCUT2D eigenvalue weighted by atomic mass is 10.1. The number of nitrogens with one attached hydrogen (secondary N) is 1. The normalized spacial score (nSPS) is 18.2. The van der Waals surface area contributed by atoms with Crippen LogP contribution in [0.1, 0.15) is 24.8 Å². The minimum absolute atomic E-state index is 0.0137. The van der Waals surface area contributed by atoms with Gasteiger partial charge in [-0.05, 0) is 39.1 Å². The van der Waals surface area contributed by atoms with Gasteiger partial charge in [0.1, 0.15) is 6.61 Å². The number of hydrogen-bond acceptors (Lipinski definition) is 12. The second kappa shape index (κ2) is 11.3. The summed E-state index contributed by atoms with van der Waals surface area (Å²) in [4.78, 5) is 34.6. The van der Waals surface area contributed by atoms with Crippen molar-refractivity contribution in [2.24, 2.45) is 5.16 Å². The Balaban J connectivity index is 1.34. The summed E-state index contributed by atoms with van der Waals surface area (Å²) >= 11 is 1.15. The first-order chi connectivity index (χ1) is 18.3. The summed E-state index contributed by atoms with van der Waals surface area (Å²) in [7, 11) is 0.545. The van der Waals surface area contributed by atoms with Gasteiger partial charge in [0.05, 0.1) is 29.6 Å². The zero-order valence-electron chi connectivity index (χ0n) is 21.0. The number of rotatable bonds is 11. The number of fused-ring (bicyclic) bond motifs is 1. The molecule has 1 amide bonds. The molecule has 0 unspecified atom stereocenters. The van der Waals surface area contributed by atoms with Crippen LogP contribution in [-0.4, -0.2) is 91.7 Å². The number of anilines is 1. The summed E-state index contributed by atoms with van der Waals surface area (Å²) in [5.41, 5.74) is 0.767. The van der Waals surface area contributed by atoms with E-state index in [1.54, 1.807) is 12.1 Å². The Morgan fingerprint density at radius 3 is 2.68 bits per heavy atom. The third kappa shape index (κ3) is 6.26. The molecule has 0 radical (unpaired) electrons. The predicted octanol–water partition coefficient (Wildman–Crippen LogP) is 2.11. The first-order valence-electron chi connectivity index (χ1n) is 12.2. The molecule has 202 valence electrons. The van der Waals surface area contributed by atoms with E-state index in [9.17, 15) is 13.2 Å². The lowest BCUT2D eigenvalue weighted by Gasteiger charge is -2.10. The third-order valence-corrected chi connectivity index (χ3v) is 9.06. The van der Waals surface area contributed by atoms with Crippen molar-refractivity contribution in [2.45, 2.75) is 35.5 Å². The zero-order valence-corrected chi connectivity index (χ0v) is 22.6. The topological polar surface area (TPSA) is 145 Å². The molecular weight excluding hydrogens is 532 g/mol. The van der Waals surface area contributed by atoms with Gasteiger partial charge in [0, 0.05) is 18.5 Å². The molecule has 1 N–H and O–H groups in total. The fraction of sp³-hybridized carbons (Fsp3) is 0.458. The highest BCUT2D eigenvalue weighted by molar-refractivity contribution is 7.92. The van der Waals surface area contributed by atoms with Crippen molar-refractivity contribution in [3.63, 3.8) is 0 Å². The van der Waals surface area contributed by atoms with E-state index in [1.807, 2.05) is 19.0 Å². The van der Waals surface area contributed by atoms with Crippen LogP contribution in [0.15, 0.2) is 40.5 Å². The largest absolute Gasteiger partial charge is 0.475 e. The second-order valence-corrected chi connectivity index (χ2v) is 12.5. The highest BCUT2D eigenvalue weighted by Crippen LogP contribution is 2.33. The summed E-state index contributed by atoms with van der Waals surface area (Å²) in [6.45, 7) is 2.13. The molecule has 38 heavy (non-hydrogen) atoms. The van der Waals surface area contributed by atoms with Gasteiger partial charge in [0.25, 0.3) is 5.91 Å². The Labute approximate surface area is 223 Å². The molecule has 1 saturated heterocycles. The maximum absolute atomic E-state index is 13.3. The van der Waals surface area contributed by atoms with Gasteiger partial charge in [-0.25, -0.2) is 13.4 Å². The molecule has 2 aliphatic rings. The maximum atomic E-state index is 13.3. The van der Waals surface area contributed by atoms with Crippen LogP contribution in [0.3, 0.4) is 0 Å². The van der Waals surface area contributed by atoms with Gasteiger partial charge < -0.3 is 19.2 Å². The molecule has 0 spiro atoms. The average Bonchev–Trinajstić information content (AvgIpc) is 3.49. The number of amides is 1. The number of nitrogens with zero attached hydrogens (tertiary/aromatic N) is 5. The standard InChI is InChI=1S/C24H28N6O6S2/c1-30(2)10-12-35-19-13-25-21-23(26-19)37-24(27-21)28-22(31)20(29-36-16-9-11-34-14-16)15-3-5-17(6-4-15)38(32,33)18-7-8-18/h3-6,13,16,18H,7-12,14H2,1-2H3,(H,25,27,28,31)/t16-/m1/s1. The molecule has 12 nitrogen and oxygen atoms in total. The number of ether oxygens (including phenoxy) is 2. The summed E-state index contributed by atoms with van der Waals surface area (Å²) < 4.78 is 36.1. The van der Waals surface area contributed by atoms with Crippen molar-refractivity contribution >= 4 is 48.4 Å². The Morgan fingerprint density at radius 2 is 2.00 bits per heavy atom. The highest BCUT2D eigenvalue weighted by Gasteiger charge is 2.36. The first kappa shape index (κ1) is 26.4. The molecule has 1 aliphatic carbocycles. The number of carbonyl (C=O) groups excluding carboxylic acids is 1. The SMILES string of the molecule is CN(C)CCOc1cnc2nc(NC(=O)C(=NO[C@@H]3CCOC3)c3ccc(S(=O)(=O)C4CC4)cc3)sc2n1. The van der Waals surface area contributed by atoms with E-state index in [-0.39, 0.29) is 27.1 Å². The van der Waals surface area contributed by atoms with Crippen LogP contribution >= 0.6 is 11.3 Å². The monoisotopic (exact) mass is 560 g/mol. The Morgan fingerprint density at radius 1 is 1.21 bits per heavy atom. The van der Waals surface area contributed by atoms with Gasteiger partial charge in [0.2, 0.25) is 5.88 Å². The van der Waals surface area contributed by atoms with Crippen molar-refractivity contribution in [3.8, 4) is 5.88 Å². The van der Waals surface area contributed by atoms with Crippen molar-refractivity contribution < 1.29 is 27.5 Å². The van der Waals surface area contributed by atoms with Crippen molar-refractivity contribution in [3.05, 3.63) is 36.0 Å². The maximum Gasteiger partial charge on any atom is 0.280 e. The smallest absolute Gasteiger partial charge is 0.280 e. The zero-order chi connectivity index (χ0) is 26.7. The molecule has 1 atom stereocenters. The van der Waals surface area contributed by atoms with Gasteiger partial charge in [-0.3, -0.25) is 10.1 Å². The van der Waals surface area contributed by atoms with Crippen LogP contribution in [-0.2, 0) is 24.2 Å². The van der Waals surface area contributed by atoms with E-state index in [0.717, 1.165) is 17.9 Å². The van der Waals surface area contributed by atoms with Crippen molar-refractivity contribution in [1.82, 2.24) is 19.9 Å². The number of likely N-dealkylation sites (N-methyl/N-ethyl adjacent to an activating group) is 1. The average molecular weight is 561 g/mol. The number of sulfone groups is 1. The Kier molecular flexibility index (Phi) is 7.83. The van der Waals surface area contributed by atoms with Crippen LogP contribution < -0.4 is 10.1 Å². The Hall–Kier alpha value is -3.20. The van der Waals surface area contributed by atoms with Crippen LogP contribution in [0.4, 0.5) is 5.13 Å². The summed E-state index contributed by atoms with van der Waals surface area (Å²) in [5, 5.41) is 6.82. The quantitative estimate of drug-likeness (QED) is 0.273. The van der Waals surface area contributed by atoms with E-state index < -0.39 is 15.7 Å². The Bertz CT molecular complexity index is 1430. The fourth-order valence-corrected chi connectivity index (χ4v) is 6.08. The van der Waals surface area contributed by atoms with Crippen molar-refractivity contribution in [1.29, 1.82) is 0 Å². The van der Waals surface area contributed by atoms with Gasteiger partial charge in [-0.1, -0.05) is 28.6 Å². The molecule has 3 aromatic rings. The molecule has 0 bridgehead atoms. The predicted molar refractivity (Wildman–Crippen MR) is 141 cm³/mol. The van der Waals surface area contributed by atoms with E-state index in [1.165, 1.54) is 18.3 Å². The van der Waals surface area contributed by atoms with Gasteiger partial charge in [0.15, 0.2) is 37.3 Å². The number of thiazole rings is 1. The highest BCUT2D eigenvalue weighted by atomic mass is 32.2. The first-order valence-corrected chi connectivity index (χ1v) is 14.5. The third-order valence-electron chi connectivity index (χ3n) is 5.93. The summed E-state index contributed by atoms with van der Waals surface area (Å²) in [6, 6.07) is 6.10. The van der Waals surface area contributed by atoms with Gasteiger partial charge in [-0.2, -0.15) is 9.97 Å². The van der Waals surface area contributed by atoms with E-state index in [0.29, 0.717) is 61.0 Å². The van der Waals surface area contributed by atoms with Gasteiger partial charge >= 0.3 is 0 Å². The minimum atomic E-state index is -3.35. The van der Waals surface area contributed by atoms with E-state index in [2.05, 4.69) is 25.4 Å². The molecule has 14 heteroatoms. The number of aromatic nitrogens is 3. The molecule has 2 aromatic heterocycles. The summed E-state index contributed by atoms with van der Waals surface area (Å²) in [6.07, 6.45) is 3.22. The number of hydrogen-bond donors (Lipinski definition) is 1. The molecule has 3 heterocycles. The molecule has 1 aromatic carbocycles. The summed E-state index contributed by atoms with van der Waals surface area (Å²) in [5.74, 6) is -0.195. The fourth-order valence-electron chi connectivity index (χ4n) is 3.64. The lowest BCUT2D eigenvalue weighted by molar-refractivity contribution is -0.110. The lowest BCUT2D eigenvalue weighted by Crippen LogP contribution is -2.25. The van der Waals surface area contributed by atoms with Crippen LogP contribution in [0, 0.1) is 0 Å². The molecule has 5 rings (SSSR count). The van der Waals surface area contributed by atoms with Crippen LogP contribution in [0.2, 0.25) is 0 Å². The minimum Gasteiger partial charge on any atom is -0.475 e. The van der Waals surface area contributed by atoms with E-state index >= 15 is 0 Å². The molecular formula is C24H28N6O6S2. The van der Waals surface area contributed by atoms with Gasteiger partial charge in [-0.15, -0.1) is 0 Å². The number of carbonyl (C=O) groups is 1. The van der Waals surface area contributed by atoms with Crippen LogP contribution in [0.25, 0.3) is 10.5 Å². The molecule has 1 saturated carbocycles.